The summed E-state index contributed by atoms with van der Waals surface area (Å²) in [5.41, 5.74) is 3.01. The van der Waals surface area contributed by atoms with Gasteiger partial charge in [-0.25, -0.2) is 4.79 Å². The number of likely N-dealkylation sites (tertiary alicyclic amines) is 1. The van der Waals surface area contributed by atoms with Gasteiger partial charge >= 0.3 is 5.97 Å². The fourth-order valence-electron chi connectivity index (χ4n) is 6.49. The number of benzene rings is 3. The Morgan fingerprint density at radius 1 is 0.775 bits per heavy atom. The SMILES string of the molecule is COc1ccc(C(=O)[C@H](C)OC(=O)[C@H](C)N2C(=O)[C@H]3[C@H](C2=O)C2(Cl)c4ccccc4C3(Cl)c3ccccc32)cc1. The molecule has 7 nitrogen and oxygen atoms in total. The van der Waals surface area contributed by atoms with E-state index >= 15 is 0 Å². The van der Waals surface area contributed by atoms with Crippen molar-refractivity contribution in [1.82, 2.24) is 4.90 Å². The third-order valence-corrected chi connectivity index (χ3v) is 9.67. The fourth-order valence-corrected chi connectivity index (χ4v) is 7.59. The molecule has 2 amide bonds. The van der Waals surface area contributed by atoms with Crippen LogP contribution in [-0.2, 0) is 28.9 Å². The van der Waals surface area contributed by atoms with Gasteiger partial charge in [-0.15, -0.1) is 23.2 Å². The lowest BCUT2D eigenvalue weighted by atomic mass is 9.54. The smallest absolute Gasteiger partial charge is 0.329 e. The number of hydrogen-bond acceptors (Lipinski definition) is 6. The summed E-state index contributed by atoms with van der Waals surface area (Å²) in [5, 5.41) is 0. The molecule has 0 spiro atoms. The van der Waals surface area contributed by atoms with Gasteiger partial charge in [0.05, 0.1) is 18.9 Å². The average molecular weight is 578 g/mol. The van der Waals surface area contributed by atoms with E-state index in [9.17, 15) is 19.2 Å². The van der Waals surface area contributed by atoms with Gasteiger partial charge in [-0.3, -0.25) is 19.3 Å². The molecule has 1 saturated heterocycles. The van der Waals surface area contributed by atoms with Crippen LogP contribution in [0.1, 0.15) is 46.5 Å². The highest BCUT2D eigenvalue weighted by atomic mass is 35.5. The number of hydrogen-bond donors (Lipinski definition) is 0. The first-order valence-electron chi connectivity index (χ1n) is 12.9. The largest absolute Gasteiger partial charge is 0.497 e. The summed E-state index contributed by atoms with van der Waals surface area (Å²) in [6.07, 6.45) is -1.15. The van der Waals surface area contributed by atoms with Gasteiger partial charge in [0.2, 0.25) is 17.6 Å². The molecule has 0 radical (unpaired) electrons. The zero-order valence-electron chi connectivity index (χ0n) is 21.9. The molecular weight excluding hydrogens is 553 g/mol. The number of imide groups is 1. The number of nitrogens with zero attached hydrogens (tertiary/aromatic N) is 1. The van der Waals surface area contributed by atoms with E-state index < -0.39 is 57.3 Å². The minimum atomic E-state index is -1.35. The van der Waals surface area contributed by atoms with Crippen molar-refractivity contribution in [1.29, 1.82) is 0 Å². The highest BCUT2D eigenvalue weighted by Gasteiger charge is 2.73. The van der Waals surface area contributed by atoms with E-state index in [1.807, 2.05) is 48.5 Å². The summed E-state index contributed by atoms with van der Waals surface area (Å²) < 4.78 is 10.6. The van der Waals surface area contributed by atoms with Gasteiger partial charge in [0.15, 0.2) is 6.10 Å². The Hall–Kier alpha value is -3.68. The third-order valence-electron chi connectivity index (χ3n) is 8.38. The standard InChI is InChI=1S/C31H25Cl2NO6/c1-16(29(38)40-17(2)26(35)18-12-14-19(39-3)15-13-18)34-27(36)24-25(28(34)37)31(33)21-9-5-4-8-20(21)30(24,32)22-10-6-7-11-23(22)31/h4-17,24-25H,1-3H3/t16-,17-,24+,25+,30?,31?/m0/s1. The zero-order chi connectivity index (χ0) is 28.6. The Morgan fingerprint density at radius 2 is 1.20 bits per heavy atom. The first-order valence-corrected chi connectivity index (χ1v) is 13.7. The van der Waals surface area contributed by atoms with E-state index in [0.29, 0.717) is 33.6 Å². The number of methoxy groups -OCH3 is 1. The molecule has 1 fully saturated rings. The van der Waals surface area contributed by atoms with Crippen LogP contribution in [0.4, 0.5) is 0 Å². The Kier molecular flexibility index (Phi) is 6.09. The van der Waals surface area contributed by atoms with E-state index in [1.165, 1.54) is 21.0 Å². The molecule has 9 heteroatoms. The minimum absolute atomic E-state index is 0.327. The van der Waals surface area contributed by atoms with Crippen molar-refractivity contribution in [2.75, 3.05) is 7.11 Å². The van der Waals surface area contributed by atoms with Crippen molar-refractivity contribution in [3.8, 4) is 5.75 Å². The molecule has 3 aromatic carbocycles. The second-order valence-corrected chi connectivity index (χ2v) is 11.6. The molecule has 4 aliphatic rings. The third kappa shape index (κ3) is 3.37. The van der Waals surface area contributed by atoms with Crippen molar-refractivity contribution in [2.24, 2.45) is 11.8 Å². The predicted octanol–water partition coefficient (Wildman–Crippen LogP) is 4.79. The summed E-state index contributed by atoms with van der Waals surface area (Å²) >= 11 is 14.8. The van der Waals surface area contributed by atoms with E-state index in [2.05, 4.69) is 0 Å². The monoisotopic (exact) mass is 577 g/mol. The summed E-state index contributed by atoms with van der Waals surface area (Å²) in [5.74, 6) is -4.00. The van der Waals surface area contributed by atoms with Gasteiger partial charge in [-0.1, -0.05) is 48.5 Å². The molecule has 0 unspecified atom stereocenters. The van der Waals surface area contributed by atoms with E-state index in [4.69, 9.17) is 32.7 Å². The maximum Gasteiger partial charge on any atom is 0.329 e. The summed E-state index contributed by atoms with van der Waals surface area (Å²) in [6, 6.07) is 19.7. The molecule has 7 rings (SSSR count). The average Bonchev–Trinajstić information content (AvgIpc) is 3.25. The molecule has 4 atom stereocenters. The van der Waals surface area contributed by atoms with Crippen LogP contribution < -0.4 is 4.74 Å². The lowest BCUT2D eigenvalue weighted by molar-refractivity contribution is -0.159. The second kappa shape index (κ2) is 9.18. The highest BCUT2D eigenvalue weighted by Crippen LogP contribution is 2.69. The number of alkyl halides is 2. The molecule has 0 saturated carbocycles. The highest BCUT2D eigenvalue weighted by molar-refractivity contribution is 6.36. The molecule has 40 heavy (non-hydrogen) atoms. The maximum absolute atomic E-state index is 14.0. The van der Waals surface area contributed by atoms with Crippen LogP contribution in [0.2, 0.25) is 0 Å². The Balaban J connectivity index is 1.32. The topological polar surface area (TPSA) is 90.0 Å². The number of carbonyl (C=O) groups is 4. The number of carbonyl (C=O) groups excluding carboxylic acids is 4. The number of Topliss-reactive ketones (excluding diaryl/α,β-unsaturated/α-hetero) is 1. The van der Waals surface area contributed by atoms with Gasteiger partial charge in [0, 0.05) is 5.56 Å². The van der Waals surface area contributed by atoms with Crippen LogP contribution in [0.5, 0.6) is 5.75 Å². The van der Waals surface area contributed by atoms with Crippen molar-refractivity contribution >= 4 is 46.8 Å². The van der Waals surface area contributed by atoms with Gasteiger partial charge in [-0.2, -0.15) is 0 Å². The molecule has 1 aliphatic heterocycles. The van der Waals surface area contributed by atoms with Crippen molar-refractivity contribution in [3.05, 3.63) is 101 Å². The maximum atomic E-state index is 14.0. The molecule has 0 N–H and O–H groups in total. The quantitative estimate of drug-likeness (QED) is 0.181. The molecule has 3 aliphatic carbocycles. The Labute approximate surface area is 241 Å². The zero-order valence-corrected chi connectivity index (χ0v) is 23.4. The van der Waals surface area contributed by atoms with E-state index in [0.717, 1.165) is 4.90 Å². The van der Waals surface area contributed by atoms with Crippen LogP contribution in [0, 0.1) is 11.8 Å². The minimum Gasteiger partial charge on any atom is -0.497 e. The number of esters is 1. The van der Waals surface area contributed by atoms with Crippen LogP contribution in [-0.4, -0.2) is 47.7 Å². The molecule has 3 aromatic rings. The molecule has 0 aromatic heterocycles. The summed E-state index contributed by atoms with van der Waals surface area (Å²) in [7, 11) is 1.51. The number of ether oxygens (including phenoxy) is 2. The number of rotatable bonds is 6. The molecule has 2 bridgehead atoms. The lowest BCUT2D eigenvalue weighted by Crippen LogP contribution is -2.57. The fraction of sp³-hybridized carbons (Fsp3) is 0.290. The van der Waals surface area contributed by atoms with E-state index in [-0.39, 0.29) is 0 Å². The first kappa shape index (κ1) is 26.5. The molecule has 204 valence electrons. The predicted molar refractivity (Wildman–Crippen MR) is 147 cm³/mol. The Bertz CT molecular complexity index is 1460. The van der Waals surface area contributed by atoms with Crippen LogP contribution in [0.3, 0.4) is 0 Å². The number of ketones is 1. The number of halogens is 2. The van der Waals surface area contributed by atoms with E-state index in [1.54, 1.807) is 24.3 Å². The van der Waals surface area contributed by atoms with Gasteiger partial charge < -0.3 is 9.47 Å². The lowest BCUT2D eigenvalue weighted by Gasteiger charge is -2.54. The molecule has 1 heterocycles. The van der Waals surface area contributed by atoms with Crippen LogP contribution >= 0.6 is 23.2 Å². The summed E-state index contributed by atoms with van der Waals surface area (Å²) in [6.45, 7) is 2.85. The molecular formula is C31H25Cl2NO6. The van der Waals surface area contributed by atoms with Crippen molar-refractivity contribution in [3.63, 3.8) is 0 Å². The number of amides is 2. The normalized spacial score (nSPS) is 27.4. The second-order valence-electron chi connectivity index (χ2n) is 10.4. The van der Waals surface area contributed by atoms with Crippen molar-refractivity contribution in [2.45, 2.75) is 35.7 Å². The Morgan fingerprint density at radius 3 is 1.60 bits per heavy atom. The summed E-state index contributed by atoms with van der Waals surface area (Å²) in [4.78, 5) is 52.4. The van der Waals surface area contributed by atoms with Crippen LogP contribution in [0.25, 0.3) is 0 Å². The first-order chi connectivity index (χ1) is 19.1. The van der Waals surface area contributed by atoms with Crippen molar-refractivity contribution < 1.29 is 28.7 Å². The van der Waals surface area contributed by atoms with Gasteiger partial charge in [0.25, 0.3) is 0 Å². The van der Waals surface area contributed by atoms with Crippen LogP contribution in [0.15, 0.2) is 72.8 Å². The van der Waals surface area contributed by atoms with Gasteiger partial charge in [0.1, 0.15) is 21.5 Å². The van der Waals surface area contributed by atoms with Gasteiger partial charge in [-0.05, 0) is 60.4 Å².